The molecule has 1 aliphatic heterocycles. The molecule has 13 heavy (non-hydrogen) atoms. The zero-order valence-corrected chi connectivity index (χ0v) is 7.97. The molecule has 1 amide bonds. The second-order valence-electron chi connectivity index (χ2n) is 3.09. The van der Waals surface area contributed by atoms with Gasteiger partial charge in [-0.1, -0.05) is 0 Å². The van der Waals surface area contributed by atoms with Gasteiger partial charge in [0.05, 0.1) is 18.4 Å². The molecule has 1 aliphatic rings. The first-order valence-electron chi connectivity index (χ1n) is 3.81. The summed E-state index contributed by atoms with van der Waals surface area (Å²) in [5.74, 6) is -0.612. The SMILES string of the molecule is CS(=O)(=O)NC(=O)[C@@H]1C[C@@H](O)CN1. The van der Waals surface area contributed by atoms with Crippen LogP contribution in [0.2, 0.25) is 0 Å². The summed E-state index contributed by atoms with van der Waals surface area (Å²) in [5.41, 5.74) is 0. The molecule has 0 aromatic carbocycles. The van der Waals surface area contributed by atoms with Gasteiger partial charge in [-0.15, -0.1) is 0 Å². The molecule has 1 heterocycles. The summed E-state index contributed by atoms with van der Waals surface area (Å²) in [6.07, 6.45) is 0.591. The summed E-state index contributed by atoms with van der Waals surface area (Å²) in [6, 6.07) is -0.607. The average Bonchev–Trinajstić information content (AvgIpc) is 2.31. The molecule has 0 aromatic heterocycles. The van der Waals surface area contributed by atoms with Gasteiger partial charge in [0.2, 0.25) is 10.0 Å². The van der Waals surface area contributed by atoms with Crippen LogP contribution in [0, 0.1) is 0 Å². The van der Waals surface area contributed by atoms with Gasteiger partial charge in [-0.05, 0) is 6.42 Å². The van der Waals surface area contributed by atoms with Crippen molar-refractivity contribution < 1.29 is 18.3 Å². The predicted octanol–water partition coefficient (Wildman–Crippen LogP) is -2.21. The van der Waals surface area contributed by atoms with Crippen LogP contribution in [0.25, 0.3) is 0 Å². The number of nitrogens with one attached hydrogen (secondary N) is 2. The maximum Gasteiger partial charge on any atom is 0.250 e. The Labute approximate surface area is 76.4 Å². The summed E-state index contributed by atoms with van der Waals surface area (Å²) < 4.78 is 23.2. The van der Waals surface area contributed by atoms with Crippen molar-refractivity contribution in [1.82, 2.24) is 10.0 Å². The third-order valence-electron chi connectivity index (χ3n) is 1.71. The lowest BCUT2D eigenvalue weighted by atomic mass is 10.2. The highest BCUT2D eigenvalue weighted by molar-refractivity contribution is 7.89. The van der Waals surface area contributed by atoms with Crippen molar-refractivity contribution in [3.05, 3.63) is 0 Å². The van der Waals surface area contributed by atoms with Crippen molar-refractivity contribution in [3.63, 3.8) is 0 Å². The minimum atomic E-state index is -3.50. The van der Waals surface area contributed by atoms with Gasteiger partial charge in [0.15, 0.2) is 0 Å². The van der Waals surface area contributed by atoms with E-state index in [4.69, 9.17) is 5.11 Å². The Hall–Kier alpha value is -0.660. The molecule has 6 nitrogen and oxygen atoms in total. The Morgan fingerprint density at radius 2 is 2.23 bits per heavy atom. The highest BCUT2D eigenvalue weighted by Crippen LogP contribution is 2.06. The van der Waals surface area contributed by atoms with Crippen molar-refractivity contribution in [2.45, 2.75) is 18.6 Å². The van der Waals surface area contributed by atoms with Crippen LogP contribution in [0.4, 0.5) is 0 Å². The third-order valence-corrected chi connectivity index (χ3v) is 2.28. The predicted molar refractivity (Wildman–Crippen MR) is 45.4 cm³/mol. The Balaban J connectivity index is 2.50. The Morgan fingerprint density at radius 3 is 2.62 bits per heavy atom. The van der Waals surface area contributed by atoms with Crippen LogP contribution in [0.15, 0.2) is 0 Å². The van der Waals surface area contributed by atoms with E-state index < -0.39 is 28.1 Å². The van der Waals surface area contributed by atoms with Crippen LogP contribution < -0.4 is 10.0 Å². The second kappa shape index (κ2) is 3.60. The fourth-order valence-corrected chi connectivity index (χ4v) is 1.68. The summed E-state index contributed by atoms with van der Waals surface area (Å²) in [5, 5.41) is 11.8. The average molecular weight is 208 g/mol. The normalized spacial score (nSPS) is 28.8. The monoisotopic (exact) mass is 208 g/mol. The highest BCUT2D eigenvalue weighted by Gasteiger charge is 2.29. The summed E-state index contributed by atoms with van der Waals surface area (Å²) in [4.78, 5) is 11.1. The van der Waals surface area contributed by atoms with E-state index >= 15 is 0 Å². The molecular formula is C6H12N2O4S. The molecule has 0 bridgehead atoms. The highest BCUT2D eigenvalue weighted by atomic mass is 32.2. The number of aliphatic hydroxyl groups excluding tert-OH is 1. The number of aliphatic hydroxyl groups is 1. The number of β-amino-alcohol motifs (C(OH)–C–C–N with tert-alkyl or cyclic N) is 1. The number of rotatable bonds is 2. The molecule has 0 radical (unpaired) electrons. The summed E-state index contributed by atoms with van der Waals surface area (Å²) >= 11 is 0. The molecule has 3 N–H and O–H groups in total. The van der Waals surface area contributed by atoms with Crippen molar-refractivity contribution in [2.75, 3.05) is 12.8 Å². The molecule has 1 fully saturated rings. The van der Waals surface area contributed by atoms with Crippen molar-refractivity contribution >= 4 is 15.9 Å². The van der Waals surface area contributed by atoms with Gasteiger partial charge in [-0.25, -0.2) is 8.42 Å². The smallest absolute Gasteiger partial charge is 0.250 e. The molecular weight excluding hydrogens is 196 g/mol. The largest absolute Gasteiger partial charge is 0.392 e. The lowest BCUT2D eigenvalue weighted by Gasteiger charge is -2.08. The first-order valence-corrected chi connectivity index (χ1v) is 5.71. The molecule has 76 valence electrons. The van der Waals surface area contributed by atoms with Crippen molar-refractivity contribution in [1.29, 1.82) is 0 Å². The zero-order chi connectivity index (χ0) is 10.1. The van der Waals surface area contributed by atoms with Gasteiger partial charge in [-0.2, -0.15) is 0 Å². The van der Waals surface area contributed by atoms with E-state index in [0.29, 0.717) is 6.54 Å². The van der Waals surface area contributed by atoms with Gasteiger partial charge >= 0.3 is 0 Å². The maximum absolute atomic E-state index is 11.1. The summed E-state index contributed by atoms with van der Waals surface area (Å²) in [7, 11) is -3.50. The quantitative estimate of drug-likeness (QED) is 0.478. The fourth-order valence-electron chi connectivity index (χ4n) is 1.17. The van der Waals surface area contributed by atoms with Gasteiger partial charge in [0, 0.05) is 6.54 Å². The van der Waals surface area contributed by atoms with Crippen LogP contribution >= 0.6 is 0 Å². The van der Waals surface area contributed by atoms with Crippen LogP contribution in [-0.4, -0.2) is 44.4 Å². The second-order valence-corrected chi connectivity index (χ2v) is 4.84. The topological polar surface area (TPSA) is 95.5 Å². The van der Waals surface area contributed by atoms with E-state index in [-0.39, 0.29) is 6.42 Å². The molecule has 0 unspecified atom stereocenters. The molecule has 1 saturated heterocycles. The first-order chi connectivity index (χ1) is 5.88. The van der Waals surface area contributed by atoms with Gasteiger partial charge < -0.3 is 10.4 Å². The molecule has 0 aromatic rings. The van der Waals surface area contributed by atoms with Gasteiger partial charge in [-0.3, -0.25) is 9.52 Å². The Kier molecular flexibility index (Phi) is 2.89. The number of carbonyl (C=O) groups is 1. The van der Waals surface area contributed by atoms with E-state index in [1.165, 1.54) is 0 Å². The third kappa shape index (κ3) is 3.29. The minimum absolute atomic E-state index is 0.251. The number of sulfonamides is 1. The molecule has 0 aliphatic carbocycles. The number of hydrogen-bond donors (Lipinski definition) is 3. The van der Waals surface area contributed by atoms with E-state index in [1.54, 1.807) is 0 Å². The van der Waals surface area contributed by atoms with E-state index in [0.717, 1.165) is 6.26 Å². The number of amides is 1. The minimum Gasteiger partial charge on any atom is -0.392 e. The molecule has 0 saturated carbocycles. The number of carbonyl (C=O) groups excluding carboxylic acids is 1. The van der Waals surface area contributed by atoms with Crippen LogP contribution in [0.1, 0.15) is 6.42 Å². The molecule has 7 heteroatoms. The van der Waals surface area contributed by atoms with Crippen LogP contribution in [0.5, 0.6) is 0 Å². The van der Waals surface area contributed by atoms with Crippen LogP contribution in [0.3, 0.4) is 0 Å². The van der Waals surface area contributed by atoms with Crippen LogP contribution in [-0.2, 0) is 14.8 Å². The van der Waals surface area contributed by atoms with E-state index in [9.17, 15) is 13.2 Å². The van der Waals surface area contributed by atoms with E-state index in [2.05, 4.69) is 5.32 Å². The Bertz CT molecular complexity index is 300. The molecule has 1 rings (SSSR count). The van der Waals surface area contributed by atoms with Gasteiger partial charge in [0.1, 0.15) is 0 Å². The maximum atomic E-state index is 11.1. The molecule has 2 atom stereocenters. The lowest BCUT2D eigenvalue weighted by molar-refractivity contribution is -0.121. The standard InChI is InChI=1S/C6H12N2O4S/c1-13(11,12)8-6(10)5-2-4(9)3-7-5/h4-5,7,9H,2-3H2,1H3,(H,8,10)/t4-,5+/m1/s1. The van der Waals surface area contributed by atoms with Crippen molar-refractivity contribution in [2.24, 2.45) is 0 Å². The number of hydrogen-bond acceptors (Lipinski definition) is 5. The summed E-state index contributed by atoms with van der Waals surface area (Å²) in [6.45, 7) is 0.321. The zero-order valence-electron chi connectivity index (χ0n) is 7.15. The lowest BCUT2D eigenvalue weighted by Crippen LogP contribution is -2.42. The first kappa shape index (κ1) is 10.4. The van der Waals surface area contributed by atoms with Crippen molar-refractivity contribution in [3.8, 4) is 0 Å². The van der Waals surface area contributed by atoms with Gasteiger partial charge in [0.25, 0.3) is 5.91 Å². The van der Waals surface area contributed by atoms with E-state index in [1.807, 2.05) is 4.72 Å². The fraction of sp³-hybridized carbons (Fsp3) is 0.833. The molecule has 0 spiro atoms. The Morgan fingerprint density at radius 1 is 1.62 bits per heavy atom.